The zero-order chi connectivity index (χ0) is 18.5. The van der Waals surface area contributed by atoms with Crippen molar-refractivity contribution in [3.63, 3.8) is 0 Å². The summed E-state index contributed by atoms with van der Waals surface area (Å²) in [5.74, 6) is 0.0871. The molecule has 2 aliphatic rings. The third-order valence-electron chi connectivity index (χ3n) is 5.46. The first-order valence-corrected chi connectivity index (χ1v) is 9.36. The molecule has 0 aliphatic carbocycles. The van der Waals surface area contributed by atoms with Crippen LogP contribution in [0.2, 0.25) is 0 Å². The van der Waals surface area contributed by atoms with Crippen molar-refractivity contribution in [2.75, 3.05) is 33.4 Å². The fraction of sp³-hybridized carbons (Fsp3) is 0.600. The monoisotopic (exact) mass is 360 g/mol. The number of nitrogens with zero attached hydrogens (tertiary/aromatic N) is 1. The first-order valence-electron chi connectivity index (χ1n) is 9.36. The minimum absolute atomic E-state index is 0.00730. The Bertz CT molecular complexity index is 640. The third-order valence-corrected chi connectivity index (χ3v) is 5.46. The SMILES string of the molecule is CO[C@@H]1COCC[C@H]1NC(=O)C1CCN(C(=O)c2ccccc2C)CC1. The van der Waals surface area contributed by atoms with Gasteiger partial charge in [-0.1, -0.05) is 18.2 Å². The second kappa shape index (κ2) is 8.64. The van der Waals surface area contributed by atoms with Gasteiger partial charge in [0.25, 0.3) is 5.91 Å². The van der Waals surface area contributed by atoms with E-state index in [9.17, 15) is 9.59 Å². The molecule has 2 atom stereocenters. The van der Waals surface area contributed by atoms with Crippen LogP contribution in [0.3, 0.4) is 0 Å². The van der Waals surface area contributed by atoms with Crippen molar-refractivity contribution < 1.29 is 19.1 Å². The van der Waals surface area contributed by atoms with Crippen LogP contribution in [0, 0.1) is 12.8 Å². The largest absolute Gasteiger partial charge is 0.379 e. The molecule has 0 radical (unpaired) electrons. The zero-order valence-electron chi connectivity index (χ0n) is 15.6. The molecule has 6 nitrogen and oxygen atoms in total. The van der Waals surface area contributed by atoms with E-state index in [-0.39, 0.29) is 29.9 Å². The van der Waals surface area contributed by atoms with E-state index in [4.69, 9.17) is 9.47 Å². The number of benzene rings is 1. The molecule has 2 aliphatic heterocycles. The van der Waals surface area contributed by atoms with Gasteiger partial charge in [-0.3, -0.25) is 9.59 Å². The number of hydrogen-bond donors (Lipinski definition) is 1. The molecule has 3 rings (SSSR count). The summed E-state index contributed by atoms with van der Waals surface area (Å²) in [5, 5.41) is 3.13. The summed E-state index contributed by atoms with van der Waals surface area (Å²) in [5.41, 5.74) is 1.74. The summed E-state index contributed by atoms with van der Waals surface area (Å²) in [6.45, 7) is 4.35. The fourth-order valence-electron chi connectivity index (χ4n) is 3.74. The van der Waals surface area contributed by atoms with Gasteiger partial charge in [0.1, 0.15) is 6.10 Å². The van der Waals surface area contributed by atoms with Crippen LogP contribution in [-0.4, -0.2) is 62.3 Å². The van der Waals surface area contributed by atoms with Crippen LogP contribution < -0.4 is 5.32 Å². The van der Waals surface area contributed by atoms with Gasteiger partial charge in [-0.15, -0.1) is 0 Å². The van der Waals surface area contributed by atoms with Crippen molar-refractivity contribution in [1.82, 2.24) is 10.2 Å². The van der Waals surface area contributed by atoms with Gasteiger partial charge >= 0.3 is 0 Å². The van der Waals surface area contributed by atoms with Gasteiger partial charge < -0.3 is 19.7 Å². The van der Waals surface area contributed by atoms with Crippen LogP contribution in [-0.2, 0) is 14.3 Å². The molecule has 1 aromatic carbocycles. The second-order valence-corrected chi connectivity index (χ2v) is 7.13. The Hall–Kier alpha value is -1.92. The Kier molecular flexibility index (Phi) is 6.27. The van der Waals surface area contributed by atoms with Crippen LogP contribution in [0.5, 0.6) is 0 Å². The quantitative estimate of drug-likeness (QED) is 0.889. The van der Waals surface area contributed by atoms with E-state index in [1.165, 1.54) is 0 Å². The molecule has 0 unspecified atom stereocenters. The van der Waals surface area contributed by atoms with Crippen LogP contribution >= 0.6 is 0 Å². The first-order chi connectivity index (χ1) is 12.6. The normalized spacial score (nSPS) is 24.3. The van der Waals surface area contributed by atoms with Crippen molar-refractivity contribution >= 4 is 11.8 Å². The topological polar surface area (TPSA) is 67.9 Å². The molecule has 2 fully saturated rings. The maximum atomic E-state index is 12.7. The summed E-state index contributed by atoms with van der Waals surface area (Å²) in [4.78, 5) is 27.2. The number of aryl methyl sites for hydroxylation is 1. The van der Waals surface area contributed by atoms with Crippen molar-refractivity contribution in [3.8, 4) is 0 Å². The van der Waals surface area contributed by atoms with Gasteiger partial charge in [-0.25, -0.2) is 0 Å². The Balaban J connectivity index is 1.52. The Labute approximate surface area is 154 Å². The standard InChI is InChI=1S/C20H28N2O4/c1-14-5-3-4-6-16(14)20(24)22-10-7-15(8-11-22)19(23)21-17-9-12-26-13-18(17)25-2/h3-6,15,17-18H,7-13H2,1-2H3,(H,21,23)/t17-,18-/m1/s1. The zero-order valence-corrected chi connectivity index (χ0v) is 15.6. The Morgan fingerprint density at radius 1 is 1.19 bits per heavy atom. The smallest absolute Gasteiger partial charge is 0.254 e. The Morgan fingerprint density at radius 3 is 2.62 bits per heavy atom. The van der Waals surface area contributed by atoms with Crippen molar-refractivity contribution in [2.45, 2.75) is 38.3 Å². The van der Waals surface area contributed by atoms with Gasteiger partial charge in [-0.2, -0.15) is 0 Å². The molecular weight excluding hydrogens is 332 g/mol. The summed E-state index contributed by atoms with van der Waals surface area (Å²) < 4.78 is 10.8. The molecule has 6 heteroatoms. The predicted molar refractivity (Wildman–Crippen MR) is 98.0 cm³/mol. The average molecular weight is 360 g/mol. The van der Waals surface area contributed by atoms with Crippen LogP contribution in [0.15, 0.2) is 24.3 Å². The van der Waals surface area contributed by atoms with Gasteiger partial charge in [0, 0.05) is 38.3 Å². The van der Waals surface area contributed by atoms with Crippen molar-refractivity contribution in [2.24, 2.45) is 5.92 Å². The van der Waals surface area contributed by atoms with E-state index < -0.39 is 0 Å². The van der Waals surface area contributed by atoms with E-state index >= 15 is 0 Å². The summed E-state index contributed by atoms with van der Waals surface area (Å²) in [6, 6.07) is 7.65. The molecule has 2 saturated heterocycles. The maximum Gasteiger partial charge on any atom is 0.254 e. The molecule has 0 bridgehead atoms. The Morgan fingerprint density at radius 2 is 1.92 bits per heavy atom. The molecule has 0 saturated carbocycles. The lowest BCUT2D eigenvalue weighted by molar-refractivity contribution is -0.130. The number of piperidine rings is 1. The second-order valence-electron chi connectivity index (χ2n) is 7.13. The van der Waals surface area contributed by atoms with Crippen LogP contribution in [0.1, 0.15) is 35.2 Å². The van der Waals surface area contributed by atoms with E-state index in [0.717, 1.165) is 17.5 Å². The molecule has 1 N–H and O–H groups in total. The fourth-order valence-corrected chi connectivity index (χ4v) is 3.74. The predicted octanol–water partition coefficient (Wildman–Crippen LogP) is 1.77. The maximum absolute atomic E-state index is 12.7. The molecule has 2 heterocycles. The molecule has 0 spiro atoms. The van der Waals surface area contributed by atoms with E-state index in [1.54, 1.807) is 7.11 Å². The lowest BCUT2D eigenvalue weighted by Crippen LogP contribution is -2.52. The van der Waals surface area contributed by atoms with Crippen LogP contribution in [0.25, 0.3) is 0 Å². The highest BCUT2D eigenvalue weighted by molar-refractivity contribution is 5.95. The highest BCUT2D eigenvalue weighted by Crippen LogP contribution is 2.21. The summed E-state index contributed by atoms with van der Waals surface area (Å²) in [6.07, 6.45) is 2.08. The molecular formula is C20H28N2O4. The molecule has 142 valence electrons. The summed E-state index contributed by atoms with van der Waals surface area (Å²) in [7, 11) is 1.65. The van der Waals surface area contributed by atoms with Crippen LogP contribution in [0.4, 0.5) is 0 Å². The number of amides is 2. The number of hydrogen-bond acceptors (Lipinski definition) is 4. The number of carbonyl (C=O) groups is 2. The van der Waals surface area contributed by atoms with Gasteiger partial charge in [0.15, 0.2) is 0 Å². The minimum atomic E-state index is -0.0876. The lowest BCUT2D eigenvalue weighted by Gasteiger charge is -2.35. The number of rotatable bonds is 4. The highest BCUT2D eigenvalue weighted by Gasteiger charge is 2.32. The number of nitrogens with one attached hydrogen (secondary N) is 1. The highest BCUT2D eigenvalue weighted by atomic mass is 16.5. The molecule has 2 amide bonds. The van der Waals surface area contributed by atoms with Crippen molar-refractivity contribution in [3.05, 3.63) is 35.4 Å². The van der Waals surface area contributed by atoms with E-state index in [0.29, 0.717) is 39.1 Å². The van der Waals surface area contributed by atoms with E-state index in [1.807, 2.05) is 36.1 Å². The van der Waals surface area contributed by atoms with Crippen molar-refractivity contribution in [1.29, 1.82) is 0 Å². The number of ether oxygens (including phenoxy) is 2. The minimum Gasteiger partial charge on any atom is -0.379 e. The number of likely N-dealkylation sites (tertiary alicyclic amines) is 1. The third kappa shape index (κ3) is 4.24. The molecule has 26 heavy (non-hydrogen) atoms. The number of carbonyl (C=O) groups excluding carboxylic acids is 2. The van der Waals surface area contributed by atoms with Gasteiger partial charge in [0.2, 0.25) is 5.91 Å². The molecule has 1 aromatic rings. The summed E-state index contributed by atoms with van der Waals surface area (Å²) >= 11 is 0. The first kappa shape index (κ1) is 18.9. The van der Waals surface area contributed by atoms with Gasteiger partial charge in [0.05, 0.1) is 12.6 Å². The van der Waals surface area contributed by atoms with E-state index in [2.05, 4.69) is 5.32 Å². The lowest BCUT2D eigenvalue weighted by atomic mass is 9.94. The van der Waals surface area contributed by atoms with Gasteiger partial charge in [-0.05, 0) is 37.8 Å². The molecule has 0 aromatic heterocycles. The average Bonchev–Trinajstić information content (AvgIpc) is 2.68. The number of methoxy groups -OCH3 is 1.